The summed E-state index contributed by atoms with van der Waals surface area (Å²) < 4.78 is 25.4. The quantitative estimate of drug-likeness (QED) is 0.727. The molecule has 102 valence electrons. The number of rotatable bonds is 4. The van der Waals surface area contributed by atoms with Gasteiger partial charge >= 0.3 is 0 Å². The lowest BCUT2D eigenvalue weighted by atomic mass is 9.97. The molecule has 0 atom stereocenters. The summed E-state index contributed by atoms with van der Waals surface area (Å²) in [5, 5.41) is 3.21. The molecule has 0 bridgehead atoms. The van der Waals surface area contributed by atoms with E-state index in [4.69, 9.17) is 5.73 Å². The highest BCUT2D eigenvalue weighted by Crippen LogP contribution is 2.24. The Hall–Kier alpha value is -1.27. The maximum atomic E-state index is 11.6. The van der Waals surface area contributed by atoms with Crippen LogP contribution in [0.5, 0.6) is 0 Å². The van der Waals surface area contributed by atoms with Gasteiger partial charge in [-0.15, -0.1) is 0 Å². The van der Waals surface area contributed by atoms with Crippen molar-refractivity contribution in [3.63, 3.8) is 0 Å². The summed E-state index contributed by atoms with van der Waals surface area (Å²) in [5.41, 5.74) is 7.15. The standard InChI is InChI=1S/C12H21N3O2S/c1-12(2,3)8-15-11-6-5-9(7-10(11)13)18(16,17)14-4/h5-7,14-15H,8,13H2,1-4H3. The Morgan fingerprint density at radius 1 is 1.28 bits per heavy atom. The van der Waals surface area contributed by atoms with Crippen LogP contribution in [0.2, 0.25) is 0 Å². The lowest BCUT2D eigenvalue weighted by Crippen LogP contribution is -2.21. The van der Waals surface area contributed by atoms with E-state index in [1.54, 1.807) is 6.07 Å². The van der Waals surface area contributed by atoms with Crippen LogP contribution in [0.25, 0.3) is 0 Å². The fourth-order valence-electron chi connectivity index (χ4n) is 1.35. The van der Waals surface area contributed by atoms with Gasteiger partial charge in [0.15, 0.2) is 0 Å². The molecule has 4 N–H and O–H groups in total. The van der Waals surface area contributed by atoms with E-state index < -0.39 is 10.0 Å². The van der Waals surface area contributed by atoms with Gasteiger partial charge in [0.05, 0.1) is 16.3 Å². The molecule has 0 radical (unpaired) electrons. The van der Waals surface area contributed by atoms with Crippen LogP contribution in [0.3, 0.4) is 0 Å². The molecule has 0 fully saturated rings. The summed E-state index contributed by atoms with van der Waals surface area (Å²) in [7, 11) is -2.07. The highest BCUT2D eigenvalue weighted by molar-refractivity contribution is 7.89. The Balaban J connectivity index is 2.94. The van der Waals surface area contributed by atoms with Crippen LogP contribution in [0.4, 0.5) is 11.4 Å². The van der Waals surface area contributed by atoms with Gasteiger partial charge in [0.1, 0.15) is 0 Å². The molecule has 0 amide bonds. The van der Waals surface area contributed by atoms with E-state index in [0.29, 0.717) is 5.69 Å². The maximum Gasteiger partial charge on any atom is 0.240 e. The molecule has 0 aliphatic heterocycles. The van der Waals surface area contributed by atoms with Crippen LogP contribution >= 0.6 is 0 Å². The molecule has 1 rings (SSSR count). The lowest BCUT2D eigenvalue weighted by molar-refractivity contribution is 0.443. The van der Waals surface area contributed by atoms with Gasteiger partial charge in [-0.3, -0.25) is 0 Å². The normalized spacial score (nSPS) is 12.4. The van der Waals surface area contributed by atoms with Crippen LogP contribution < -0.4 is 15.8 Å². The first-order chi connectivity index (χ1) is 8.15. The summed E-state index contributed by atoms with van der Waals surface area (Å²) in [6.07, 6.45) is 0. The summed E-state index contributed by atoms with van der Waals surface area (Å²) in [6, 6.07) is 4.68. The van der Waals surface area contributed by atoms with Crippen molar-refractivity contribution < 1.29 is 8.42 Å². The van der Waals surface area contributed by atoms with Crippen LogP contribution in [0.1, 0.15) is 20.8 Å². The molecule has 1 aromatic rings. The third kappa shape index (κ3) is 3.89. The van der Waals surface area contributed by atoms with Crippen molar-refractivity contribution in [1.82, 2.24) is 4.72 Å². The predicted octanol–water partition coefficient (Wildman–Crippen LogP) is 1.63. The second kappa shape index (κ2) is 5.16. The average molecular weight is 271 g/mol. The van der Waals surface area contributed by atoms with Crippen LogP contribution in [-0.4, -0.2) is 22.0 Å². The van der Waals surface area contributed by atoms with Crippen molar-refractivity contribution in [2.24, 2.45) is 5.41 Å². The molecule has 0 aromatic heterocycles. The van der Waals surface area contributed by atoms with Crippen LogP contribution in [0, 0.1) is 5.41 Å². The van der Waals surface area contributed by atoms with Gasteiger partial charge in [-0.05, 0) is 30.7 Å². The highest BCUT2D eigenvalue weighted by atomic mass is 32.2. The zero-order chi connectivity index (χ0) is 14.0. The van der Waals surface area contributed by atoms with E-state index in [-0.39, 0.29) is 10.3 Å². The molecule has 0 saturated heterocycles. The zero-order valence-corrected chi connectivity index (χ0v) is 12.1. The SMILES string of the molecule is CNS(=O)(=O)c1ccc(NCC(C)(C)C)c(N)c1. The molecule has 1 aromatic carbocycles. The van der Waals surface area contributed by atoms with Gasteiger partial charge in [-0.25, -0.2) is 13.1 Å². The van der Waals surface area contributed by atoms with E-state index in [9.17, 15) is 8.42 Å². The zero-order valence-electron chi connectivity index (χ0n) is 11.2. The molecule has 0 aliphatic carbocycles. The fourth-order valence-corrected chi connectivity index (χ4v) is 2.11. The Morgan fingerprint density at radius 3 is 2.33 bits per heavy atom. The number of nitrogens with two attached hydrogens (primary N) is 1. The summed E-state index contributed by atoms with van der Waals surface area (Å²) in [4.78, 5) is 0.170. The molecular weight excluding hydrogens is 250 g/mol. The first kappa shape index (κ1) is 14.8. The summed E-state index contributed by atoms with van der Waals surface area (Å²) >= 11 is 0. The van der Waals surface area contributed by atoms with Gasteiger partial charge in [0.2, 0.25) is 10.0 Å². The number of hydrogen-bond acceptors (Lipinski definition) is 4. The number of sulfonamides is 1. The minimum atomic E-state index is -3.44. The minimum absolute atomic E-state index is 0.127. The van der Waals surface area contributed by atoms with E-state index in [2.05, 4.69) is 30.8 Å². The summed E-state index contributed by atoms with van der Waals surface area (Å²) in [6.45, 7) is 7.08. The molecule has 0 spiro atoms. The van der Waals surface area contributed by atoms with Gasteiger partial charge in [0.25, 0.3) is 0 Å². The average Bonchev–Trinajstić information content (AvgIpc) is 2.26. The Kier molecular flexibility index (Phi) is 4.24. The second-order valence-corrected chi connectivity index (χ2v) is 7.26. The van der Waals surface area contributed by atoms with Gasteiger partial charge in [-0.1, -0.05) is 20.8 Å². The lowest BCUT2D eigenvalue weighted by Gasteiger charge is -2.20. The molecule has 5 nitrogen and oxygen atoms in total. The van der Waals surface area contributed by atoms with Gasteiger partial charge < -0.3 is 11.1 Å². The monoisotopic (exact) mass is 271 g/mol. The van der Waals surface area contributed by atoms with Crippen molar-refractivity contribution in [3.05, 3.63) is 18.2 Å². The maximum absolute atomic E-state index is 11.6. The first-order valence-electron chi connectivity index (χ1n) is 5.73. The molecular formula is C12H21N3O2S. The highest BCUT2D eigenvalue weighted by Gasteiger charge is 2.14. The van der Waals surface area contributed by atoms with Crippen molar-refractivity contribution in [3.8, 4) is 0 Å². The van der Waals surface area contributed by atoms with Crippen molar-refractivity contribution in [1.29, 1.82) is 0 Å². The third-order valence-corrected chi connectivity index (χ3v) is 3.82. The predicted molar refractivity (Wildman–Crippen MR) is 75.0 cm³/mol. The Labute approximate surface area is 109 Å². The van der Waals surface area contributed by atoms with Crippen LogP contribution in [-0.2, 0) is 10.0 Å². The molecule has 0 saturated carbocycles. The topological polar surface area (TPSA) is 84.2 Å². The largest absolute Gasteiger partial charge is 0.397 e. The van der Waals surface area contributed by atoms with Crippen molar-refractivity contribution >= 4 is 21.4 Å². The molecule has 0 aliphatic rings. The Bertz CT molecular complexity index is 519. The number of nitrogens with one attached hydrogen (secondary N) is 2. The second-order valence-electron chi connectivity index (χ2n) is 5.37. The van der Waals surface area contributed by atoms with E-state index >= 15 is 0 Å². The summed E-state index contributed by atoms with van der Waals surface area (Å²) in [5.74, 6) is 0. The number of nitrogen functional groups attached to an aromatic ring is 1. The first-order valence-corrected chi connectivity index (χ1v) is 7.21. The molecule has 0 unspecified atom stereocenters. The smallest absolute Gasteiger partial charge is 0.240 e. The van der Waals surface area contributed by atoms with E-state index in [0.717, 1.165) is 12.2 Å². The molecule has 0 heterocycles. The van der Waals surface area contributed by atoms with Crippen molar-refractivity contribution in [2.75, 3.05) is 24.6 Å². The number of benzene rings is 1. The molecule has 6 heteroatoms. The van der Waals surface area contributed by atoms with Gasteiger partial charge in [0, 0.05) is 6.54 Å². The Morgan fingerprint density at radius 2 is 1.89 bits per heavy atom. The fraction of sp³-hybridized carbons (Fsp3) is 0.500. The third-order valence-electron chi connectivity index (χ3n) is 2.41. The van der Waals surface area contributed by atoms with Crippen molar-refractivity contribution in [2.45, 2.75) is 25.7 Å². The molecule has 18 heavy (non-hydrogen) atoms. The van der Waals surface area contributed by atoms with E-state index in [1.165, 1.54) is 19.2 Å². The number of hydrogen-bond donors (Lipinski definition) is 3. The number of anilines is 2. The van der Waals surface area contributed by atoms with Crippen LogP contribution in [0.15, 0.2) is 23.1 Å². The van der Waals surface area contributed by atoms with Gasteiger partial charge in [-0.2, -0.15) is 0 Å². The minimum Gasteiger partial charge on any atom is -0.397 e. The van der Waals surface area contributed by atoms with E-state index in [1.807, 2.05) is 0 Å².